The molecule has 17 heavy (non-hydrogen) atoms. The van der Waals surface area contributed by atoms with Gasteiger partial charge < -0.3 is 16.2 Å². The van der Waals surface area contributed by atoms with E-state index in [0.717, 1.165) is 5.56 Å². The first-order valence-corrected chi connectivity index (χ1v) is 5.66. The molecular weight excluding hydrogens is 216 g/mol. The third-order valence-corrected chi connectivity index (χ3v) is 2.61. The predicted molar refractivity (Wildman–Crippen MR) is 67.5 cm³/mol. The van der Waals surface area contributed by atoms with Crippen LogP contribution < -0.4 is 11.1 Å². The molecule has 4 nitrogen and oxygen atoms in total. The first-order valence-electron chi connectivity index (χ1n) is 5.66. The van der Waals surface area contributed by atoms with Crippen LogP contribution in [0.15, 0.2) is 24.3 Å². The lowest BCUT2D eigenvalue weighted by Crippen LogP contribution is -2.36. The molecule has 4 N–H and O–H groups in total. The molecule has 1 aromatic carbocycles. The number of rotatable bonds is 5. The van der Waals surface area contributed by atoms with Crippen LogP contribution in [0, 0.1) is 5.41 Å². The average molecular weight is 236 g/mol. The van der Waals surface area contributed by atoms with Gasteiger partial charge in [0.2, 0.25) is 0 Å². The maximum absolute atomic E-state index is 11.8. The Morgan fingerprint density at radius 2 is 1.94 bits per heavy atom. The van der Waals surface area contributed by atoms with Crippen LogP contribution in [-0.4, -0.2) is 24.2 Å². The van der Waals surface area contributed by atoms with E-state index in [0.29, 0.717) is 18.7 Å². The number of carbonyl (C=O) groups is 1. The number of nitrogens with one attached hydrogen (secondary N) is 1. The molecule has 0 aliphatic carbocycles. The lowest BCUT2D eigenvalue weighted by Gasteiger charge is -2.21. The van der Waals surface area contributed by atoms with Gasteiger partial charge in [-0.3, -0.25) is 4.79 Å². The van der Waals surface area contributed by atoms with Crippen molar-refractivity contribution in [3.05, 3.63) is 35.4 Å². The Labute approximate surface area is 102 Å². The molecule has 1 aromatic rings. The molecule has 0 atom stereocenters. The van der Waals surface area contributed by atoms with Crippen molar-refractivity contribution in [1.29, 1.82) is 0 Å². The molecule has 0 aromatic heterocycles. The molecule has 0 spiro atoms. The lowest BCUT2D eigenvalue weighted by atomic mass is 9.95. The third kappa shape index (κ3) is 4.17. The summed E-state index contributed by atoms with van der Waals surface area (Å²) in [6.45, 7) is 4.75. The van der Waals surface area contributed by atoms with Crippen molar-refractivity contribution in [2.24, 2.45) is 11.1 Å². The molecular formula is C13H20N2O2. The Balaban J connectivity index is 2.58. The molecule has 4 heteroatoms. The highest BCUT2D eigenvalue weighted by atomic mass is 16.3. The van der Waals surface area contributed by atoms with Crippen LogP contribution in [-0.2, 0) is 6.54 Å². The zero-order valence-corrected chi connectivity index (χ0v) is 10.4. The summed E-state index contributed by atoms with van der Waals surface area (Å²) in [5.41, 5.74) is 6.79. The second-order valence-corrected chi connectivity index (χ2v) is 4.91. The van der Waals surface area contributed by atoms with Gasteiger partial charge in [-0.25, -0.2) is 0 Å². The van der Waals surface area contributed by atoms with Crippen LogP contribution >= 0.6 is 0 Å². The van der Waals surface area contributed by atoms with Crippen molar-refractivity contribution in [2.45, 2.75) is 20.4 Å². The van der Waals surface area contributed by atoms with E-state index in [1.807, 2.05) is 26.0 Å². The fraction of sp³-hybridized carbons (Fsp3) is 0.462. The predicted octanol–water partition coefficient (Wildman–Crippen LogP) is 0.894. The van der Waals surface area contributed by atoms with Crippen LogP contribution in [0.2, 0.25) is 0 Å². The van der Waals surface area contributed by atoms with E-state index in [-0.39, 0.29) is 17.9 Å². The Morgan fingerprint density at radius 1 is 1.35 bits per heavy atom. The Bertz CT molecular complexity index is 372. The summed E-state index contributed by atoms with van der Waals surface area (Å²) < 4.78 is 0. The van der Waals surface area contributed by atoms with Gasteiger partial charge in [0, 0.05) is 30.7 Å². The summed E-state index contributed by atoms with van der Waals surface area (Å²) in [6, 6.07) is 7.19. The standard InChI is InChI=1S/C13H20N2O2/c1-13(2,9-16)8-15-12(17)11-5-3-10(7-14)4-6-11/h3-6,16H,7-9,14H2,1-2H3,(H,15,17). The van der Waals surface area contributed by atoms with E-state index in [9.17, 15) is 4.79 Å². The van der Waals surface area contributed by atoms with Crippen molar-refractivity contribution in [3.63, 3.8) is 0 Å². The summed E-state index contributed by atoms with van der Waals surface area (Å²) in [7, 11) is 0. The molecule has 0 fully saturated rings. The quantitative estimate of drug-likeness (QED) is 0.711. The minimum Gasteiger partial charge on any atom is -0.396 e. The molecule has 0 aliphatic rings. The zero-order valence-electron chi connectivity index (χ0n) is 10.4. The second-order valence-electron chi connectivity index (χ2n) is 4.91. The van der Waals surface area contributed by atoms with Crippen molar-refractivity contribution in [2.75, 3.05) is 13.2 Å². The van der Waals surface area contributed by atoms with Gasteiger partial charge in [-0.2, -0.15) is 0 Å². The fourth-order valence-corrected chi connectivity index (χ4v) is 1.27. The van der Waals surface area contributed by atoms with Crippen molar-refractivity contribution < 1.29 is 9.90 Å². The van der Waals surface area contributed by atoms with Crippen LogP contribution in [0.25, 0.3) is 0 Å². The van der Waals surface area contributed by atoms with Gasteiger partial charge in [0.25, 0.3) is 5.91 Å². The number of carbonyl (C=O) groups excluding carboxylic acids is 1. The average Bonchev–Trinajstić information content (AvgIpc) is 2.36. The van der Waals surface area contributed by atoms with E-state index in [4.69, 9.17) is 10.8 Å². The van der Waals surface area contributed by atoms with E-state index >= 15 is 0 Å². The van der Waals surface area contributed by atoms with Crippen LogP contribution in [0.1, 0.15) is 29.8 Å². The molecule has 1 amide bonds. The molecule has 0 saturated carbocycles. The van der Waals surface area contributed by atoms with E-state index in [1.54, 1.807) is 12.1 Å². The Morgan fingerprint density at radius 3 is 2.41 bits per heavy atom. The first kappa shape index (κ1) is 13.7. The summed E-state index contributed by atoms with van der Waals surface area (Å²) >= 11 is 0. The monoisotopic (exact) mass is 236 g/mol. The van der Waals surface area contributed by atoms with Gasteiger partial charge in [0.05, 0.1) is 0 Å². The fourth-order valence-electron chi connectivity index (χ4n) is 1.27. The smallest absolute Gasteiger partial charge is 0.251 e. The highest BCUT2D eigenvalue weighted by molar-refractivity contribution is 5.94. The Kier molecular flexibility index (Phi) is 4.66. The van der Waals surface area contributed by atoms with Gasteiger partial charge in [0.15, 0.2) is 0 Å². The number of aliphatic hydroxyl groups excluding tert-OH is 1. The third-order valence-electron chi connectivity index (χ3n) is 2.61. The molecule has 0 radical (unpaired) electrons. The van der Waals surface area contributed by atoms with E-state index in [2.05, 4.69) is 5.32 Å². The highest BCUT2D eigenvalue weighted by Gasteiger charge is 2.17. The summed E-state index contributed by atoms with van der Waals surface area (Å²) in [5, 5.41) is 11.9. The molecule has 94 valence electrons. The SMILES string of the molecule is CC(C)(CO)CNC(=O)c1ccc(CN)cc1. The number of amides is 1. The minimum atomic E-state index is -0.299. The summed E-state index contributed by atoms with van der Waals surface area (Å²) in [6.07, 6.45) is 0. The van der Waals surface area contributed by atoms with Gasteiger partial charge in [0.1, 0.15) is 0 Å². The molecule has 0 heterocycles. The van der Waals surface area contributed by atoms with Gasteiger partial charge in [-0.05, 0) is 17.7 Å². The van der Waals surface area contributed by atoms with Crippen LogP contribution in [0.4, 0.5) is 0 Å². The highest BCUT2D eigenvalue weighted by Crippen LogP contribution is 2.12. The van der Waals surface area contributed by atoms with Gasteiger partial charge >= 0.3 is 0 Å². The second kappa shape index (κ2) is 5.80. The van der Waals surface area contributed by atoms with Crippen LogP contribution in [0.3, 0.4) is 0 Å². The maximum atomic E-state index is 11.8. The van der Waals surface area contributed by atoms with Gasteiger partial charge in [-0.15, -0.1) is 0 Å². The summed E-state index contributed by atoms with van der Waals surface area (Å²) in [4.78, 5) is 11.8. The Hall–Kier alpha value is -1.39. The normalized spacial score (nSPS) is 11.3. The zero-order chi connectivity index (χ0) is 12.9. The number of hydrogen-bond acceptors (Lipinski definition) is 3. The molecule has 0 aliphatic heterocycles. The van der Waals surface area contributed by atoms with Gasteiger partial charge in [-0.1, -0.05) is 26.0 Å². The number of nitrogens with two attached hydrogens (primary N) is 1. The molecule has 0 unspecified atom stereocenters. The maximum Gasteiger partial charge on any atom is 0.251 e. The van der Waals surface area contributed by atoms with Crippen molar-refractivity contribution in [1.82, 2.24) is 5.32 Å². The van der Waals surface area contributed by atoms with E-state index < -0.39 is 0 Å². The van der Waals surface area contributed by atoms with Crippen molar-refractivity contribution in [3.8, 4) is 0 Å². The number of aliphatic hydroxyl groups is 1. The number of benzene rings is 1. The molecule has 0 saturated heterocycles. The van der Waals surface area contributed by atoms with Crippen LogP contribution in [0.5, 0.6) is 0 Å². The van der Waals surface area contributed by atoms with E-state index in [1.165, 1.54) is 0 Å². The molecule has 0 bridgehead atoms. The summed E-state index contributed by atoms with van der Waals surface area (Å²) in [5.74, 6) is -0.130. The molecule has 1 rings (SSSR count). The first-order chi connectivity index (χ1) is 7.98. The largest absolute Gasteiger partial charge is 0.396 e. The topological polar surface area (TPSA) is 75.3 Å². The lowest BCUT2D eigenvalue weighted by molar-refractivity contribution is 0.0911. The van der Waals surface area contributed by atoms with Crippen molar-refractivity contribution >= 4 is 5.91 Å². The minimum absolute atomic E-state index is 0.0411. The number of hydrogen-bond donors (Lipinski definition) is 3.